The maximum atomic E-state index is 13.8. The minimum Gasteiger partial charge on any atom is -0.357 e. The lowest BCUT2D eigenvalue weighted by Crippen LogP contribution is -2.50. The highest BCUT2D eigenvalue weighted by molar-refractivity contribution is 9.10. The van der Waals surface area contributed by atoms with Crippen molar-refractivity contribution in [1.82, 2.24) is 10.2 Å². The molecule has 3 aromatic carbocycles. The van der Waals surface area contributed by atoms with Crippen LogP contribution >= 0.6 is 27.5 Å². The van der Waals surface area contributed by atoms with Gasteiger partial charge < -0.3 is 10.2 Å². The summed E-state index contributed by atoms with van der Waals surface area (Å²) < 4.78 is 29.6. The van der Waals surface area contributed by atoms with E-state index in [0.717, 1.165) is 19.9 Å². The third-order valence-electron chi connectivity index (χ3n) is 5.97. The van der Waals surface area contributed by atoms with Gasteiger partial charge in [0, 0.05) is 23.1 Å². The molecule has 37 heavy (non-hydrogen) atoms. The molecular weight excluding hydrogens is 578 g/mol. The molecule has 0 aliphatic carbocycles. The Morgan fingerprint density at radius 2 is 1.70 bits per heavy atom. The van der Waals surface area contributed by atoms with Crippen LogP contribution in [0.3, 0.4) is 0 Å². The number of nitrogens with one attached hydrogen (secondary N) is 1. The summed E-state index contributed by atoms with van der Waals surface area (Å²) in [5, 5.41) is 3.02. The molecule has 0 aromatic heterocycles. The number of sulfonamides is 1. The Morgan fingerprint density at radius 3 is 2.30 bits per heavy atom. The number of halogens is 2. The summed E-state index contributed by atoms with van der Waals surface area (Å²) in [6.45, 7) is 4.82. The van der Waals surface area contributed by atoms with Crippen molar-refractivity contribution in [3.8, 4) is 0 Å². The predicted octanol–water partition coefficient (Wildman–Crippen LogP) is 5.08. The van der Waals surface area contributed by atoms with Gasteiger partial charge in [-0.1, -0.05) is 57.4 Å². The number of carbonyl (C=O) groups excluding carboxylic acids is 2. The molecule has 3 rings (SSSR count). The van der Waals surface area contributed by atoms with Crippen molar-refractivity contribution in [3.05, 3.63) is 92.9 Å². The number of benzene rings is 3. The molecule has 10 heteroatoms. The molecule has 0 aliphatic rings. The van der Waals surface area contributed by atoms with E-state index >= 15 is 0 Å². The Kier molecular flexibility index (Phi) is 9.39. The van der Waals surface area contributed by atoms with Crippen LogP contribution in [0.5, 0.6) is 0 Å². The summed E-state index contributed by atoms with van der Waals surface area (Å²) in [4.78, 5) is 27.8. The Labute approximate surface area is 231 Å². The molecule has 0 fully saturated rings. The van der Waals surface area contributed by atoms with Crippen LogP contribution in [-0.4, -0.2) is 44.8 Å². The van der Waals surface area contributed by atoms with Crippen LogP contribution in [0.15, 0.2) is 76.1 Å². The molecule has 1 atom stereocenters. The average Bonchev–Trinajstić information content (AvgIpc) is 2.85. The van der Waals surface area contributed by atoms with Crippen LogP contribution < -0.4 is 9.62 Å². The summed E-state index contributed by atoms with van der Waals surface area (Å²) in [6.07, 6.45) is 0. The van der Waals surface area contributed by atoms with E-state index in [2.05, 4.69) is 21.2 Å². The van der Waals surface area contributed by atoms with E-state index in [1.807, 2.05) is 31.2 Å². The van der Waals surface area contributed by atoms with E-state index in [1.54, 1.807) is 44.2 Å². The number of amides is 2. The summed E-state index contributed by atoms with van der Waals surface area (Å²) in [5.74, 6) is -0.889. The minimum absolute atomic E-state index is 0.0538. The number of likely N-dealkylation sites (N-methyl/N-ethyl adjacent to an activating group) is 1. The number of rotatable bonds is 9. The number of aryl methyl sites for hydroxylation is 2. The molecule has 1 unspecified atom stereocenters. The van der Waals surface area contributed by atoms with Crippen molar-refractivity contribution in [2.45, 2.75) is 38.3 Å². The predicted molar refractivity (Wildman–Crippen MR) is 150 cm³/mol. The zero-order chi connectivity index (χ0) is 27.3. The first-order chi connectivity index (χ1) is 17.4. The first-order valence-electron chi connectivity index (χ1n) is 11.5. The third kappa shape index (κ3) is 6.91. The summed E-state index contributed by atoms with van der Waals surface area (Å²) in [6, 6.07) is 17.8. The van der Waals surface area contributed by atoms with Gasteiger partial charge in [-0.15, -0.1) is 0 Å². The Morgan fingerprint density at radius 1 is 1.03 bits per heavy atom. The van der Waals surface area contributed by atoms with Crippen LogP contribution in [0.25, 0.3) is 0 Å². The Bertz CT molecular complexity index is 1400. The number of nitrogens with zero attached hydrogens (tertiary/aromatic N) is 2. The number of hydrogen-bond donors (Lipinski definition) is 1. The van der Waals surface area contributed by atoms with Crippen LogP contribution in [0.1, 0.15) is 23.6 Å². The second kappa shape index (κ2) is 12.1. The molecular formula is C27H29BrClN3O4S. The molecule has 3 aromatic rings. The molecule has 0 aliphatic heterocycles. The zero-order valence-electron chi connectivity index (χ0n) is 21.0. The first-order valence-corrected chi connectivity index (χ1v) is 14.2. The van der Waals surface area contributed by atoms with Crippen LogP contribution in [0, 0.1) is 13.8 Å². The van der Waals surface area contributed by atoms with Gasteiger partial charge in [-0.25, -0.2) is 8.42 Å². The van der Waals surface area contributed by atoms with Gasteiger partial charge in [-0.3, -0.25) is 13.9 Å². The molecule has 0 saturated heterocycles. The zero-order valence-corrected chi connectivity index (χ0v) is 24.2. The molecule has 2 amide bonds. The molecule has 7 nitrogen and oxygen atoms in total. The van der Waals surface area contributed by atoms with E-state index in [-0.39, 0.29) is 17.3 Å². The van der Waals surface area contributed by atoms with Crippen molar-refractivity contribution in [2.24, 2.45) is 0 Å². The Hall–Kier alpha value is -2.88. The van der Waals surface area contributed by atoms with Gasteiger partial charge in [0.05, 0.1) is 10.6 Å². The van der Waals surface area contributed by atoms with Gasteiger partial charge in [0.15, 0.2) is 0 Å². The molecule has 0 radical (unpaired) electrons. The van der Waals surface area contributed by atoms with Gasteiger partial charge in [0.1, 0.15) is 12.6 Å². The monoisotopic (exact) mass is 605 g/mol. The van der Waals surface area contributed by atoms with Gasteiger partial charge in [-0.2, -0.15) is 0 Å². The fraction of sp³-hybridized carbons (Fsp3) is 0.259. The smallest absolute Gasteiger partial charge is 0.264 e. The van der Waals surface area contributed by atoms with Crippen LogP contribution in [-0.2, 0) is 26.2 Å². The highest BCUT2D eigenvalue weighted by Crippen LogP contribution is 2.29. The molecule has 0 saturated carbocycles. The molecule has 0 bridgehead atoms. The number of hydrogen-bond acceptors (Lipinski definition) is 4. The first kappa shape index (κ1) is 28.7. The molecule has 1 N–H and O–H groups in total. The van der Waals surface area contributed by atoms with Crippen molar-refractivity contribution in [2.75, 3.05) is 17.9 Å². The van der Waals surface area contributed by atoms with Crippen molar-refractivity contribution in [1.29, 1.82) is 0 Å². The second-order valence-electron chi connectivity index (χ2n) is 8.70. The van der Waals surface area contributed by atoms with Crippen molar-refractivity contribution in [3.63, 3.8) is 0 Å². The summed E-state index contributed by atoms with van der Waals surface area (Å²) in [7, 11) is -2.64. The van der Waals surface area contributed by atoms with Gasteiger partial charge in [0.25, 0.3) is 10.0 Å². The van der Waals surface area contributed by atoms with Crippen molar-refractivity contribution < 1.29 is 18.0 Å². The maximum absolute atomic E-state index is 13.8. The van der Waals surface area contributed by atoms with Gasteiger partial charge in [0.2, 0.25) is 11.8 Å². The Balaban J connectivity index is 2.07. The lowest BCUT2D eigenvalue weighted by atomic mass is 10.1. The van der Waals surface area contributed by atoms with E-state index < -0.39 is 28.5 Å². The highest BCUT2D eigenvalue weighted by atomic mass is 79.9. The van der Waals surface area contributed by atoms with Crippen LogP contribution in [0.2, 0.25) is 5.02 Å². The fourth-order valence-corrected chi connectivity index (χ4v) is 6.03. The van der Waals surface area contributed by atoms with Gasteiger partial charge >= 0.3 is 0 Å². The third-order valence-corrected chi connectivity index (χ3v) is 8.47. The number of anilines is 1. The highest BCUT2D eigenvalue weighted by Gasteiger charge is 2.33. The molecule has 196 valence electrons. The summed E-state index contributed by atoms with van der Waals surface area (Å²) in [5.41, 5.74) is 2.61. The lowest BCUT2D eigenvalue weighted by molar-refractivity contribution is -0.139. The quantitative estimate of drug-likeness (QED) is 0.368. The largest absolute Gasteiger partial charge is 0.357 e. The van der Waals surface area contributed by atoms with E-state index in [1.165, 1.54) is 24.1 Å². The van der Waals surface area contributed by atoms with E-state index in [9.17, 15) is 18.0 Å². The van der Waals surface area contributed by atoms with E-state index in [4.69, 9.17) is 11.6 Å². The number of carbonyl (C=O) groups is 2. The lowest BCUT2D eigenvalue weighted by Gasteiger charge is -2.32. The minimum atomic E-state index is -4.13. The van der Waals surface area contributed by atoms with Crippen molar-refractivity contribution >= 4 is 55.1 Å². The van der Waals surface area contributed by atoms with Crippen LogP contribution in [0.4, 0.5) is 5.69 Å². The second-order valence-corrected chi connectivity index (χ2v) is 11.9. The fourth-order valence-electron chi connectivity index (χ4n) is 3.87. The molecule has 0 heterocycles. The van der Waals surface area contributed by atoms with Gasteiger partial charge in [-0.05, 0) is 74.4 Å². The average molecular weight is 607 g/mol. The van der Waals surface area contributed by atoms with E-state index in [0.29, 0.717) is 16.3 Å². The topological polar surface area (TPSA) is 86.8 Å². The SMILES string of the molecule is CNC(=O)C(C)N(Cc1cccc(Br)c1)C(=O)CN(c1ccc(Cl)cc1C)S(=O)(=O)c1ccc(C)cc1. The normalized spacial score (nSPS) is 12.1. The summed E-state index contributed by atoms with van der Waals surface area (Å²) >= 11 is 9.56. The maximum Gasteiger partial charge on any atom is 0.264 e. The standard InChI is InChI=1S/C27H29BrClN3O4S/c1-18-8-11-24(12-9-18)37(35,36)32(25-13-10-23(29)14-19(25)2)17-26(33)31(20(3)27(34)30-4)16-21-6-5-7-22(28)15-21/h5-15,20H,16-17H2,1-4H3,(H,30,34). The molecule has 0 spiro atoms.